The maximum Gasteiger partial charge on any atom is 0.261 e. The average Bonchev–Trinajstić information content (AvgIpc) is 2.75. The molecule has 2 aromatic carbocycles. The molecule has 0 spiro atoms. The maximum atomic E-state index is 12.6. The Morgan fingerprint density at radius 2 is 1.68 bits per heavy atom. The Morgan fingerprint density at radius 1 is 1.00 bits per heavy atom. The van der Waals surface area contributed by atoms with E-state index >= 15 is 0 Å². The van der Waals surface area contributed by atoms with E-state index in [4.69, 9.17) is 0 Å². The van der Waals surface area contributed by atoms with Crippen LogP contribution in [0.2, 0.25) is 0 Å². The Kier molecular flexibility index (Phi) is 7.73. The Hall–Kier alpha value is -2.38. The summed E-state index contributed by atoms with van der Waals surface area (Å²) in [6, 6.07) is 11.6. The predicted molar refractivity (Wildman–Crippen MR) is 125 cm³/mol. The first-order chi connectivity index (χ1) is 14.7. The number of carbonyl (C=O) groups excluding carboxylic acids is 1. The third kappa shape index (κ3) is 6.55. The number of carbonyl (C=O) groups is 1. The highest BCUT2D eigenvalue weighted by Crippen LogP contribution is 2.19. The molecule has 1 amide bonds. The first-order valence-electron chi connectivity index (χ1n) is 11.0. The van der Waals surface area contributed by atoms with Crippen LogP contribution in [-0.4, -0.2) is 45.4 Å². The number of likely N-dealkylation sites (tertiary alicyclic amines) is 1. The number of nitrogens with one attached hydrogen (secondary N) is 2. The van der Waals surface area contributed by atoms with E-state index in [0.29, 0.717) is 23.7 Å². The van der Waals surface area contributed by atoms with Gasteiger partial charge < -0.3 is 10.2 Å². The fourth-order valence-electron chi connectivity index (χ4n) is 3.80. The van der Waals surface area contributed by atoms with Crippen LogP contribution in [0.4, 0.5) is 5.69 Å². The van der Waals surface area contributed by atoms with E-state index in [2.05, 4.69) is 21.9 Å². The van der Waals surface area contributed by atoms with Crippen molar-refractivity contribution < 1.29 is 13.2 Å². The van der Waals surface area contributed by atoms with Crippen molar-refractivity contribution in [3.05, 3.63) is 59.2 Å². The van der Waals surface area contributed by atoms with Crippen LogP contribution in [-0.2, 0) is 10.0 Å². The van der Waals surface area contributed by atoms with Crippen molar-refractivity contribution in [1.82, 2.24) is 10.2 Å². The lowest BCUT2D eigenvalue weighted by Gasteiger charge is -2.29. The molecule has 1 heterocycles. The highest BCUT2D eigenvalue weighted by Gasteiger charge is 2.16. The van der Waals surface area contributed by atoms with Gasteiger partial charge in [0.25, 0.3) is 15.9 Å². The monoisotopic (exact) mass is 443 g/mol. The van der Waals surface area contributed by atoms with E-state index in [1.165, 1.54) is 19.3 Å². The molecule has 1 saturated heterocycles. The Bertz CT molecular complexity index is 997. The van der Waals surface area contributed by atoms with Crippen LogP contribution >= 0.6 is 0 Å². The van der Waals surface area contributed by atoms with Crippen LogP contribution in [0.1, 0.15) is 47.7 Å². The van der Waals surface area contributed by atoms with Crippen LogP contribution in [0, 0.1) is 19.8 Å². The summed E-state index contributed by atoms with van der Waals surface area (Å²) in [6.07, 6.45) is 3.84. The zero-order chi connectivity index (χ0) is 22.4. The van der Waals surface area contributed by atoms with Gasteiger partial charge >= 0.3 is 0 Å². The second kappa shape index (κ2) is 10.3. The van der Waals surface area contributed by atoms with Crippen LogP contribution in [0.25, 0.3) is 0 Å². The molecule has 31 heavy (non-hydrogen) atoms. The van der Waals surface area contributed by atoms with Gasteiger partial charge in [-0.2, -0.15) is 0 Å². The number of aryl methyl sites for hydroxylation is 2. The van der Waals surface area contributed by atoms with E-state index in [9.17, 15) is 13.2 Å². The molecule has 168 valence electrons. The van der Waals surface area contributed by atoms with Gasteiger partial charge in [-0.15, -0.1) is 0 Å². The minimum absolute atomic E-state index is 0.144. The van der Waals surface area contributed by atoms with Crippen LogP contribution in [0.5, 0.6) is 0 Å². The van der Waals surface area contributed by atoms with Gasteiger partial charge in [-0.1, -0.05) is 19.4 Å². The second-order valence-corrected chi connectivity index (χ2v) is 10.3. The molecule has 1 aliphatic rings. The third-order valence-corrected chi connectivity index (χ3v) is 7.20. The molecule has 0 saturated carbocycles. The molecule has 6 nitrogen and oxygen atoms in total. The molecule has 2 aromatic rings. The van der Waals surface area contributed by atoms with E-state index in [0.717, 1.165) is 30.8 Å². The standard InChI is InChI=1S/C24H33N3O3S/c1-18(17-27-13-5-4-6-14-27)16-25-24(28)21-8-10-22(11-9-21)26-31(29,30)23-12-7-19(2)20(3)15-23/h7-12,15,18,26H,4-6,13-14,16-17H2,1-3H3,(H,25,28). The normalized spacial score (nSPS) is 16.0. The number of rotatable bonds is 8. The smallest absolute Gasteiger partial charge is 0.261 e. The van der Waals surface area contributed by atoms with Crippen LogP contribution < -0.4 is 10.0 Å². The number of piperidine rings is 1. The highest BCUT2D eigenvalue weighted by molar-refractivity contribution is 7.92. The Balaban J connectivity index is 1.54. The minimum Gasteiger partial charge on any atom is -0.352 e. The number of nitrogens with zero attached hydrogens (tertiary/aromatic N) is 1. The molecule has 7 heteroatoms. The Morgan fingerprint density at radius 3 is 2.32 bits per heavy atom. The quantitative estimate of drug-likeness (QED) is 0.647. The second-order valence-electron chi connectivity index (χ2n) is 8.61. The van der Waals surface area contributed by atoms with Crippen LogP contribution in [0.3, 0.4) is 0 Å². The van der Waals surface area contributed by atoms with Crippen molar-refractivity contribution in [3.63, 3.8) is 0 Å². The lowest BCUT2D eigenvalue weighted by Crippen LogP contribution is -2.38. The average molecular weight is 444 g/mol. The number of hydrogen-bond donors (Lipinski definition) is 2. The fourth-order valence-corrected chi connectivity index (χ4v) is 4.94. The maximum absolute atomic E-state index is 12.6. The SMILES string of the molecule is Cc1ccc(S(=O)(=O)Nc2ccc(C(=O)NCC(C)CN3CCCCC3)cc2)cc1C. The molecule has 1 unspecified atom stereocenters. The van der Waals surface area contributed by atoms with Gasteiger partial charge in [0.15, 0.2) is 0 Å². The van der Waals surface area contributed by atoms with Gasteiger partial charge in [0.2, 0.25) is 0 Å². The lowest BCUT2D eigenvalue weighted by atomic mass is 10.1. The molecule has 2 N–H and O–H groups in total. The molecule has 0 radical (unpaired) electrons. The van der Waals surface area contributed by atoms with Gasteiger partial charge in [0.05, 0.1) is 4.90 Å². The molecule has 3 rings (SSSR count). The first-order valence-corrected chi connectivity index (χ1v) is 12.4. The first kappa shape index (κ1) is 23.3. The van der Waals surface area contributed by atoms with E-state index in [-0.39, 0.29) is 10.8 Å². The fraction of sp³-hybridized carbons (Fsp3) is 0.458. The topological polar surface area (TPSA) is 78.5 Å². The summed E-state index contributed by atoms with van der Waals surface area (Å²) in [5.41, 5.74) is 2.90. The number of benzene rings is 2. The Labute approximate surface area is 186 Å². The molecule has 1 fully saturated rings. The summed E-state index contributed by atoms with van der Waals surface area (Å²) in [5, 5.41) is 2.99. The molecule has 0 bridgehead atoms. The van der Waals surface area contributed by atoms with Gasteiger partial charge in [-0.05, 0) is 93.2 Å². The highest BCUT2D eigenvalue weighted by atomic mass is 32.2. The number of hydrogen-bond acceptors (Lipinski definition) is 4. The molecule has 1 aliphatic heterocycles. The summed E-state index contributed by atoms with van der Waals surface area (Å²) in [7, 11) is -3.68. The van der Waals surface area contributed by atoms with Crippen molar-refractivity contribution in [2.45, 2.75) is 44.9 Å². The zero-order valence-corrected chi connectivity index (χ0v) is 19.5. The predicted octanol–water partition coefficient (Wildman–Crippen LogP) is 3.96. The molecular weight excluding hydrogens is 410 g/mol. The van der Waals surface area contributed by atoms with Gasteiger partial charge in [0, 0.05) is 24.3 Å². The summed E-state index contributed by atoms with van der Waals surface area (Å²) >= 11 is 0. The lowest BCUT2D eigenvalue weighted by molar-refractivity contribution is 0.0942. The van der Waals surface area contributed by atoms with Crippen molar-refractivity contribution in [1.29, 1.82) is 0 Å². The molecule has 0 aliphatic carbocycles. The van der Waals surface area contributed by atoms with Gasteiger partial charge in [-0.3, -0.25) is 9.52 Å². The zero-order valence-electron chi connectivity index (χ0n) is 18.6. The van der Waals surface area contributed by atoms with Crippen molar-refractivity contribution >= 4 is 21.6 Å². The summed E-state index contributed by atoms with van der Waals surface area (Å²) in [6.45, 7) is 9.90. The van der Waals surface area contributed by atoms with E-state index < -0.39 is 10.0 Å². The summed E-state index contributed by atoms with van der Waals surface area (Å²) in [4.78, 5) is 15.2. The number of amides is 1. The number of sulfonamides is 1. The third-order valence-electron chi connectivity index (χ3n) is 5.82. The van der Waals surface area contributed by atoms with E-state index in [1.54, 1.807) is 42.5 Å². The summed E-state index contributed by atoms with van der Waals surface area (Å²) < 4.78 is 27.8. The molecule has 0 aromatic heterocycles. The van der Waals surface area contributed by atoms with Crippen molar-refractivity contribution in [3.8, 4) is 0 Å². The van der Waals surface area contributed by atoms with Crippen molar-refractivity contribution in [2.75, 3.05) is 30.9 Å². The molecular formula is C24H33N3O3S. The number of anilines is 1. The van der Waals surface area contributed by atoms with Gasteiger partial charge in [-0.25, -0.2) is 8.42 Å². The van der Waals surface area contributed by atoms with E-state index in [1.807, 2.05) is 13.8 Å². The largest absolute Gasteiger partial charge is 0.352 e. The van der Waals surface area contributed by atoms with Crippen LogP contribution in [0.15, 0.2) is 47.4 Å². The molecule has 1 atom stereocenters. The van der Waals surface area contributed by atoms with Gasteiger partial charge in [0.1, 0.15) is 0 Å². The minimum atomic E-state index is -3.68. The summed E-state index contributed by atoms with van der Waals surface area (Å²) in [5.74, 6) is 0.236. The van der Waals surface area contributed by atoms with Crippen molar-refractivity contribution in [2.24, 2.45) is 5.92 Å².